The van der Waals surface area contributed by atoms with Gasteiger partial charge in [-0.05, 0) is 37.4 Å². The number of amides is 1. The van der Waals surface area contributed by atoms with E-state index in [1.54, 1.807) is 29.9 Å². The maximum absolute atomic E-state index is 12.7. The second kappa shape index (κ2) is 6.57. The molecule has 4 rings (SSSR count). The van der Waals surface area contributed by atoms with Gasteiger partial charge in [-0.2, -0.15) is 0 Å². The van der Waals surface area contributed by atoms with Gasteiger partial charge in [0, 0.05) is 0 Å². The SMILES string of the molecule is Cc1noc(C)c1NC(=O)c1nc(-c2cccs2)n(-c2ccccc2)n1. The number of nitrogens with one attached hydrogen (secondary N) is 1. The zero-order chi connectivity index (χ0) is 18.1. The van der Waals surface area contributed by atoms with Crippen LogP contribution in [0, 0.1) is 13.8 Å². The van der Waals surface area contributed by atoms with E-state index < -0.39 is 5.91 Å². The van der Waals surface area contributed by atoms with Crippen LogP contribution < -0.4 is 5.32 Å². The number of carbonyl (C=O) groups excluding carboxylic acids is 1. The van der Waals surface area contributed by atoms with Gasteiger partial charge in [-0.3, -0.25) is 4.79 Å². The lowest BCUT2D eigenvalue weighted by Crippen LogP contribution is -2.15. The number of hydrogen-bond donors (Lipinski definition) is 1. The zero-order valence-electron chi connectivity index (χ0n) is 14.1. The molecule has 0 aliphatic rings. The van der Waals surface area contributed by atoms with Crippen molar-refractivity contribution in [2.45, 2.75) is 13.8 Å². The van der Waals surface area contributed by atoms with Crippen LogP contribution in [0.4, 0.5) is 5.69 Å². The molecule has 0 fully saturated rings. The van der Waals surface area contributed by atoms with Crippen LogP contribution in [0.2, 0.25) is 0 Å². The van der Waals surface area contributed by atoms with Crippen LogP contribution in [0.15, 0.2) is 52.4 Å². The van der Waals surface area contributed by atoms with E-state index in [-0.39, 0.29) is 5.82 Å². The van der Waals surface area contributed by atoms with Crippen LogP contribution in [0.3, 0.4) is 0 Å². The van der Waals surface area contributed by atoms with E-state index in [1.807, 2.05) is 47.8 Å². The number of carbonyl (C=O) groups is 1. The van der Waals surface area contributed by atoms with E-state index in [0.29, 0.717) is 23.0 Å². The van der Waals surface area contributed by atoms with Gasteiger partial charge in [0.1, 0.15) is 11.4 Å². The first-order valence-electron chi connectivity index (χ1n) is 7.94. The predicted molar refractivity (Wildman–Crippen MR) is 98.6 cm³/mol. The predicted octanol–water partition coefficient (Wildman–Crippen LogP) is 3.85. The lowest BCUT2D eigenvalue weighted by molar-refractivity contribution is 0.101. The summed E-state index contributed by atoms with van der Waals surface area (Å²) in [5, 5.41) is 13.0. The summed E-state index contributed by atoms with van der Waals surface area (Å²) >= 11 is 1.54. The Balaban J connectivity index is 1.75. The van der Waals surface area contributed by atoms with Crippen molar-refractivity contribution in [3.63, 3.8) is 0 Å². The maximum Gasteiger partial charge on any atom is 0.295 e. The number of hydrogen-bond acceptors (Lipinski definition) is 6. The lowest BCUT2D eigenvalue weighted by Gasteiger charge is -2.03. The molecule has 130 valence electrons. The van der Waals surface area contributed by atoms with Crippen molar-refractivity contribution >= 4 is 22.9 Å². The smallest absolute Gasteiger partial charge is 0.295 e. The van der Waals surface area contributed by atoms with Gasteiger partial charge in [-0.1, -0.05) is 29.4 Å². The topological polar surface area (TPSA) is 85.8 Å². The molecular formula is C18H15N5O2S. The molecule has 0 saturated heterocycles. The fourth-order valence-corrected chi connectivity index (χ4v) is 3.25. The normalized spacial score (nSPS) is 10.8. The van der Waals surface area contributed by atoms with Gasteiger partial charge in [0.25, 0.3) is 5.91 Å². The Morgan fingerprint density at radius 3 is 2.62 bits per heavy atom. The Labute approximate surface area is 153 Å². The summed E-state index contributed by atoms with van der Waals surface area (Å²) in [6, 6.07) is 13.5. The highest BCUT2D eigenvalue weighted by Crippen LogP contribution is 2.26. The van der Waals surface area contributed by atoms with Crippen molar-refractivity contribution in [1.29, 1.82) is 0 Å². The number of benzene rings is 1. The molecule has 0 spiro atoms. The molecule has 0 atom stereocenters. The van der Waals surface area contributed by atoms with Crippen molar-refractivity contribution in [1.82, 2.24) is 19.9 Å². The Kier molecular flexibility index (Phi) is 4.10. The average molecular weight is 365 g/mol. The van der Waals surface area contributed by atoms with Gasteiger partial charge in [-0.25, -0.2) is 9.67 Å². The van der Waals surface area contributed by atoms with Crippen molar-refractivity contribution in [2.75, 3.05) is 5.32 Å². The van der Waals surface area contributed by atoms with Gasteiger partial charge in [0.15, 0.2) is 11.6 Å². The Bertz CT molecular complexity index is 1030. The first kappa shape index (κ1) is 16.2. The Morgan fingerprint density at radius 1 is 1.15 bits per heavy atom. The van der Waals surface area contributed by atoms with Gasteiger partial charge < -0.3 is 9.84 Å². The Hall–Kier alpha value is -3.26. The quantitative estimate of drug-likeness (QED) is 0.594. The number of rotatable bonds is 4. The zero-order valence-corrected chi connectivity index (χ0v) is 14.9. The number of aromatic nitrogens is 4. The fourth-order valence-electron chi connectivity index (χ4n) is 2.55. The van der Waals surface area contributed by atoms with E-state index in [2.05, 4.69) is 20.6 Å². The minimum Gasteiger partial charge on any atom is -0.359 e. The minimum absolute atomic E-state index is 0.0808. The van der Waals surface area contributed by atoms with E-state index in [0.717, 1.165) is 10.6 Å². The van der Waals surface area contributed by atoms with Gasteiger partial charge >= 0.3 is 0 Å². The van der Waals surface area contributed by atoms with Crippen LogP contribution >= 0.6 is 11.3 Å². The standard InChI is InChI=1S/C18H15N5O2S/c1-11-15(12(2)25-22-11)19-18(24)16-20-17(14-9-6-10-26-14)23(21-16)13-7-4-3-5-8-13/h3-10H,1-2H3,(H,19,24). The molecule has 0 saturated carbocycles. The Morgan fingerprint density at radius 2 is 1.96 bits per heavy atom. The molecule has 1 amide bonds. The summed E-state index contributed by atoms with van der Waals surface area (Å²) in [7, 11) is 0. The third-order valence-corrected chi connectivity index (χ3v) is 4.69. The molecule has 4 aromatic rings. The molecule has 3 aromatic heterocycles. The van der Waals surface area contributed by atoms with E-state index in [4.69, 9.17) is 4.52 Å². The molecule has 1 aromatic carbocycles. The average Bonchev–Trinajstić information content (AvgIpc) is 3.38. The number of para-hydroxylation sites is 1. The van der Waals surface area contributed by atoms with Crippen molar-refractivity contribution in [3.8, 4) is 16.4 Å². The summed E-state index contributed by atoms with van der Waals surface area (Å²) in [4.78, 5) is 18.1. The van der Waals surface area contributed by atoms with Crippen molar-refractivity contribution in [2.24, 2.45) is 0 Å². The lowest BCUT2D eigenvalue weighted by atomic mass is 10.3. The molecule has 1 N–H and O–H groups in total. The molecule has 0 radical (unpaired) electrons. The summed E-state index contributed by atoms with van der Waals surface area (Å²) in [6.45, 7) is 3.50. The highest BCUT2D eigenvalue weighted by atomic mass is 32.1. The number of aryl methyl sites for hydroxylation is 2. The largest absolute Gasteiger partial charge is 0.359 e. The molecule has 8 heteroatoms. The number of thiophene rings is 1. The van der Waals surface area contributed by atoms with Crippen LogP contribution in [0.25, 0.3) is 16.4 Å². The molecule has 0 bridgehead atoms. The summed E-state index contributed by atoms with van der Waals surface area (Å²) < 4.78 is 6.75. The second-order valence-electron chi connectivity index (χ2n) is 5.64. The van der Waals surface area contributed by atoms with Crippen molar-refractivity contribution in [3.05, 3.63) is 65.1 Å². The third-order valence-electron chi connectivity index (χ3n) is 3.82. The molecule has 26 heavy (non-hydrogen) atoms. The summed E-state index contributed by atoms with van der Waals surface area (Å²) in [6.07, 6.45) is 0. The van der Waals surface area contributed by atoms with Gasteiger partial charge in [0.05, 0.1) is 10.6 Å². The van der Waals surface area contributed by atoms with Gasteiger partial charge in [0.2, 0.25) is 5.82 Å². The molecule has 0 unspecified atom stereocenters. The van der Waals surface area contributed by atoms with Crippen LogP contribution in [-0.2, 0) is 0 Å². The van der Waals surface area contributed by atoms with E-state index in [1.165, 1.54) is 0 Å². The van der Waals surface area contributed by atoms with Crippen molar-refractivity contribution < 1.29 is 9.32 Å². The molecule has 0 aliphatic carbocycles. The van der Waals surface area contributed by atoms with E-state index >= 15 is 0 Å². The summed E-state index contributed by atoms with van der Waals surface area (Å²) in [5.74, 6) is 0.830. The minimum atomic E-state index is -0.410. The summed E-state index contributed by atoms with van der Waals surface area (Å²) in [5.41, 5.74) is 1.99. The second-order valence-corrected chi connectivity index (χ2v) is 6.58. The maximum atomic E-state index is 12.7. The molecule has 3 heterocycles. The highest BCUT2D eigenvalue weighted by Gasteiger charge is 2.21. The fraction of sp³-hybridized carbons (Fsp3) is 0.111. The molecular weight excluding hydrogens is 350 g/mol. The van der Waals surface area contributed by atoms with Crippen LogP contribution in [-0.4, -0.2) is 25.8 Å². The van der Waals surface area contributed by atoms with E-state index in [9.17, 15) is 4.79 Å². The van der Waals surface area contributed by atoms with Crippen LogP contribution in [0.5, 0.6) is 0 Å². The number of nitrogens with zero attached hydrogens (tertiary/aromatic N) is 4. The van der Waals surface area contributed by atoms with Crippen LogP contribution in [0.1, 0.15) is 22.1 Å². The third kappa shape index (κ3) is 2.91. The monoisotopic (exact) mass is 365 g/mol. The first-order chi connectivity index (χ1) is 12.6. The highest BCUT2D eigenvalue weighted by molar-refractivity contribution is 7.13. The molecule has 7 nitrogen and oxygen atoms in total. The van der Waals surface area contributed by atoms with Gasteiger partial charge in [-0.15, -0.1) is 16.4 Å². The number of anilines is 1. The first-order valence-corrected chi connectivity index (χ1v) is 8.82. The molecule has 0 aliphatic heterocycles.